The molecule has 0 spiro atoms. The van der Waals surface area contributed by atoms with Crippen LogP contribution in [-0.4, -0.2) is 16.1 Å². The average Bonchev–Trinajstić information content (AvgIpc) is 2.48. The van der Waals surface area contributed by atoms with Gasteiger partial charge in [-0.2, -0.15) is 0 Å². The van der Waals surface area contributed by atoms with Gasteiger partial charge >= 0.3 is 5.97 Å². The highest BCUT2D eigenvalue weighted by atomic mass is 35.5. The zero-order chi connectivity index (χ0) is 17.0. The number of carbonyl (C=O) groups is 1. The van der Waals surface area contributed by atoms with Crippen LogP contribution >= 0.6 is 11.6 Å². The molecule has 2 aromatic rings. The van der Waals surface area contributed by atoms with Gasteiger partial charge in [0.15, 0.2) is 0 Å². The number of rotatable bonds is 6. The minimum absolute atomic E-state index is 0.295. The number of nitrogens with zero attached hydrogens (tertiary/aromatic N) is 1. The van der Waals surface area contributed by atoms with Crippen molar-refractivity contribution < 1.29 is 9.90 Å². The first-order chi connectivity index (χ1) is 10.9. The van der Waals surface area contributed by atoms with Gasteiger partial charge in [0.1, 0.15) is 0 Å². The van der Waals surface area contributed by atoms with E-state index in [4.69, 9.17) is 16.6 Å². The van der Waals surface area contributed by atoms with Crippen LogP contribution in [0.1, 0.15) is 48.9 Å². The van der Waals surface area contributed by atoms with Gasteiger partial charge in [-0.15, -0.1) is 0 Å². The molecule has 0 amide bonds. The number of aryl methyl sites for hydroxylation is 1. The Hall–Kier alpha value is -1.87. The van der Waals surface area contributed by atoms with Crippen LogP contribution in [0.5, 0.6) is 0 Å². The first-order valence-corrected chi connectivity index (χ1v) is 8.32. The van der Waals surface area contributed by atoms with Crippen molar-refractivity contribution in [2.45, 2.75) is 40.0 Å². The second-order valence-electron chi connectivity index (χ2n) is 6.14. The number of hydrogen-bond donors (Lipinski definition) is 1. The quantitative estimate of drug-likeness (QED) is 0.786. The van der Waals surface area contributed by atoms with Crippen molar-refractivity contribution in [3.63, 3.8) is 0 Å². The molecule has 0 aliphatic rings. The van der Waals surface area contributed by atoms with Crippen LogP contribution in [0.3, 0.4) is 0 Å². The average molecular weight is 332 g/mol. The topological polar surface area (TPSA) is 50.2 Å². The Balaban J connectivity index is 2.61. The number of aromatic carboxylic acids is 1. The number of hydrogen-bond acceptors (Lipinski definition) is 2. The number of aromatic nitrogens is 1. The van der Waals surface area contributed by atoms with E-state index in [1.807, 2.05) is 24.3 Å². The fraction of sp³-hybridized carbons (Fsp3) is 0.368. The molecule has 23 heavy (non-hydrogen) atoms. The molecule has 2 rings (SSSR count). The molecule has 0 aliphatic heterocycles. The molecule has 0 atom stereocenters. The Morgan fingerprint density at radius 2 is 1.87 bits per heavy atom. The molecule has 0 fully saturated rings. The van der Waals surface area contributed by atoms with Gasteiger partial charge in [-0.25, -0.2) is 4.79 Å². The van der Waals surface area contributed by atoms with E-state index in [2.05, 4.69) is 20.8 Å². The summed E-state index contributed by atoms with van der Waals surface area (Å²) in [5.74, 6) is -0.567. The van der Waals surface area contributed by atoms with E-state index in [0.29, 0.717) is 28.6 Å². The highest BCUT2D eigenvalue weighted by molar-refractivity contribution is 6.30. The molecule has 1 aromatic heterocycles. The molecular formula is C19H22ClNO2. The minimum Gasteiger partial charge on any atom is -0.478 e. The molecule has 0 saturated heterocycles. The van der Waals surface area contributed by atoms with Gasteiger partial charge < -0.3 is 5.11 Å². The van der Waals surface area contributed by atoms with Gasteiger partial charge in [0.05, 0.1) is 11.3 Å². The maximum atomic E-state index is 11.6. The molecule has 0 saturated carbocycles. The number of carboxylic acids is 1. The Morgan fingerprint density at radius 3 is 2.39 bits per heavy atom. The standard InChI is InChI=1S/C19H22ClNO2/c1-4-5-17-15(13-6-8-14(20)9-7-13)11-16(19(22)23)18(21-17)10-12(2)3/h6-9,11-12H,4-5,10H2,1-3H3,(H,22,23). The second-order valence-corrected chi connectivity index (χ2v) is 6.57. The van der Waals surface area contributed by atoms with Gasteiger partial charge in [-0.1, -0.05) is 50.9 Å². The third kappa shape index (κ3) is 4.32. The summed E-state index contributed by atoms with van der Waals surface area (Å²) in [4.78, 5) is 16.4. The molecule has 0 bridgehead atoms. The lowest BCUT2D eigenvalue weighted by atomic mass is 9.95. The highest BCUT2D eigenvalue weighted by Gasteiger charge is 2.18. The van der Waals surface area contributed by atoms with Gasteiger partial charge in [-0.05, 0) is 42.5 Å². The van der Waals surface area contributed by atoms with Crippen LogP contribution in [0, 0.1) is 5.92 Å². The van der Waals surface area contributed by atoms with Crippen LogP contribution in [0.25, 0.3) is 11.1 Å². The predicted octanol–water partition coefficient (Wildman–Crippen LogP) is 5.25. The molecule has 0 aliphatic carbocycles. The second kappa shape index (κ2) is 7.60. The summed E-state index contributed by atoms with van der Waals surface area (Å²) in [7, 11) is 0. The van der Waals surface area contributed by atoms with Crippen molar-refractivity contribution in [3.05, 3.63) is 52.3 Å². The largest absolute Gasteiger partial charge is 0.478 e. The Bertz CT molecular complexity index is 693. The van der Waals surface area contributed by atoms with E-state index < -0.39 is 5.97 Å². The lowest BCUT2D eigenvalue weighted by Crippen LogP contribution is -2.11. The van der Waals surface area contributed by atoms with E-state index in [1.165, 1.54) is 0 Å². The van der Waals surface area contributed by atoms with Crippen molar-refractivity contribution in [1.29, 1.82) is 0 Å². The number of benzene rings is 1. The van der Waals surface area contributed by atoms with E-state index >= 15 is 0 Å². The van der Waals surface area contributed by atoms with E-state index in [1.54, 1.807) is 6.07 Å². The molecule has 1 aromatic carbocycles. The van der Waals surface area contributed by atoms with E-state index in [9.17, 15) is 9.90 Å². The van der Waals surface area contributed by atoms with Crippen LogP contribution < -0.4 is 0 Å². The predicted molar refractivity (Wildman–Crippen MR) is 94.2 cm³/mol. The highest BCUT2D eigenvalue weighted by Crippen LogP contribution is 2.28. The summed E-state index contributed by atoms with van der Waals surface area (Å²) in [5, 5.41) is 10.2. The van der Waals surface area contributed by atoms with Crippen molar-refractivity contribution in [1.82, 2.24) is 4.98 Å². The summed E-state index contributed by atoms with van der Waals surface area (Å²) < 4.78 is 0. The molecule has 0 radical (unpaired) electrons. The van der Waals surface area contributed by atoms with Gasteiger partial charge in [-0.3, -0.25) is 4.98 Å². The summed E-state index contributed by atoms with van der Waals surface area (Å²) in [6.45, 7) is 6.24. The lowest BCUT2D eigenvalue weighted by molar-refractivity contribution is 0.0695. The van der Waals surface area contributed by atoms with Gasteiger partial charge in [0, 0.05) is 16.3 Å². The van der Waals surface area contributed by atoms with Gasteiger partial charge in [0.25, 0.3) is 0 Å². The minimum atomic E-state index is -0.925. The van der Waals surface area contributed by atoms with Crippen molar-refractivity contribution in [2.24, 2.45) is 5.92 Å². The van der Waals surface area contributed by atoms with Crippen molar-refractivity contribution in [2.75, 3.05) is 0 Å². The number of pyridine rings is 1. The van der Waals surface area contributed by atoms with Crippen LogP contribution in [0.15, 0.2) is 30.3 Å². The van der Waals surface area contributed by atoms with Crippen LogP contribution in [0.4, 0.5) is 0 Å². The normalized spacial score (nSPS) is 11.0. The Morgan fingerprint density at radius 1 is 1.22 bits per heavy atom. The first kappa shape index (κ1) is 17.5. The molecule has 4 heteroatoms. The van der Waals surface area contributed by atoms with Crippen molar-refractivity contribution in [3.8, 4) is 11.1 Å². The molecule has 3 nitrogen and oxygen atoms in total. The molecule has 0 unspecified atom stereocenters. The number of carboxylic acid groups (broad SMARTS) is 1. The monoisotopic (exact) mass is 331 g/mol. The third-order valence-corrected chi connectivity index (χ3v) is 3.91. The summed E-state index contributed by atoms with van der Waals surface area (Å²) in [5.41, 5.74) is 3.75. The summed E-state index contributed by atoms with van der Waals surface area (Å²) in [6, 6.07) is 9.21. The zero-order valence-corrected chi connectivity index (χ0v) is 14.5. The maximum absolute atomic E-state index is 11.6. The molecule has 122 valence electrons. The zero-order valence-electron chi connectivity index (χ0n) is 13.8. The molecule has 1 N–H and O–H groups in total. The van der Waals surface area contributed by atoms with E-state index in [0.717, 1.165) is 29.7 Å². The van der Waals surface area contributed by atoms with Gasteiger partial charge in [0.2, 0.25) is 0 Å². The summed E-state index contributed by atoms with van der Waals surface area (Å²) >= 11 is 5.95. The Kier molecular flexibility index (Phi) is 5.78. The van der Waals surface area contributed by atoms with Crippen molar-refractivity contribution >= 4 is 17.6 Å². The SMILES string of the molecule is CCCc1nc(CC(C)C)c(C(=O)O)cc1-c1ccc(Cl)cc1. The summed E-state index contributed by atoms with van der Waals surface area (Å²) in [6.07, 6.45) is 2.45. The van der Waals surface area contributed by atoms with Crippen LogP contribution in [0.2, 0.25) is 5.02 Å². The maximum Gasteiger partial charge on any atom is 0.337 e. The lowest BCUT2D eigenvalue weighted by Gasteiger charge is -2.15. The molecular weight excluding hydrogens is 310 g/mol. The smallest absolute Gasteiger partial charge is 0.337 e. The fourth-order valence-corrected chi connectivity index (χ4v) is 2.75. The van der Waals surface area contributed by atoms with E-state index in [-0.39, 0.29) is 0 Å². The van der Waals surface area contributed by atoms with Crippen LogP contribution in [-0.2, 0) is 12.8 Å². The first-order valence-electron chi connectivity index (χ1n) is 7.94. The third-order valence-electron chi connectivity index (χ3n) is 3.65. The number of halogens is 1. The Labute approximate surface area is 142 Å². The molecule has 1 heterocycles. The fourth-order valence-electron chi connectivity index (χ4n) is 2.63.